The predicted octanol–water partition coefficient (Wildman–Crippen LogP) is 1.94. The monoisotopic (exact) mass is 299 g/mol. The number of nitrogens with one attached hydrogen (secondary N) is 1. The number of morpholine rings is 1. The molecule has 0 bridgehead atoms. The molecule has 1 saturated heterocycles. The molecule has 1 aromatic heterocycles. The molecule has 6 heteroatoms. The summed E-state index contributed by atoms with van der Waals surface area (Å²) < 4.78 is 5.37. The molecule has 0 saturated carbocycles. The van der Waals surface area contributed by atoms with Crippen molar-refractivity contribution in [1.82, 2.24) is 14.9 Å². The number of benzene rings is 1. The maximum absolute atomic E-state index is 5.80. The fourth-order valence-electron chi connectivity index (χ4n) is 2.36. The number of aryl methyl sites for hydroxylation is 1. The van der Waals surface area contributed by atoms with Gasteiger partial charge in [-0.25, -0.2) is 4.98 Å². The third kappa shape index (κ3) is 3.72. The van der Waals surface area contributed by atoms with E-state index in [2.05, 4.69) is 32.3 Å². The highest BCUT2D eigenvalue weighted by atomic mass is 16.5. The standard InChI is InChI=1S/C16H21N5O/c1-12-10-18-16(20-15(12)17)19-14-4-2-13(3-5-14)11-21-6-8-22-9-7-21/h2-5,10H,6-9,11H2,1H3,(H3,17,18,19,20). The fraction of sp³-hybridized carbons (Fsp3) is 0.375. The molecule has 1 aromatic carbocycles. The first-order valence-electron chi connectivity index (χ1n) is 7.46. The summed E-state index contributed by atoms with van der Waals surface area (Å²) in [5, 5.41) is 3.17. The Morgan fingerprint density at radius 2 is 1.95 bits per heavy atom. The number of nitrogens with zero attached hydrogens (tertiary/aromatic N) is 3. The molecule has 2 heterocycles. The van der Waals surface area contributed by atoms with Crippen LogP contribution in [-0.2, 0) is 11.3 Å². The Kier molecular flexibility index (Phi) is 4.50. The molecule has 116 valence electrons. The van der Waals surface area contributed by atoms with Crippen LogP contribution in [-0.4, -0.2) is 41.2 Å². The van der Waals surface area contributed by atoms with Crippen LogP contribution < -0.4 is 11.1 Å². The minimum atomic E-state index is 0.501. The van der Waals surface area contributed by atoms with Crippen molar-refractivity contribution in [2.45, 2.75) is 13.5 Å². The maximum atomic E-state index is 5.80. The van der Waals surface area contributed by atoms with Crippen molar-refractivity contribution < 1.29 is 4.74 Å². The summed E-state index contributed by atoms with van der Waals surface area (Å²) >= 11 is 0. The zero-order valence-electron chi connectivity index (χ0n) is 12.7. The second-order valence-corrected chi connectivity index (χ2v) is 5.47. The van der Waals surface area contributed by atoms with Gasteiger partial charge in [-0.1, -0.05) is 12.1 Å². The highest BCUT2D eigenvalue weighted by molar-refractivity contribution is 5.55. The third-order valence-electron chi connectivity index (χ3n) is 3.73. The van der Waals surface area contributed by atoms with Gasteiger partial charge in [0.2, 0.25) is 5.95 Å². The average Bonchev–Trinajstić information content (AvgIpc) is 2.54. The third-order valence-corrected chi connectivity index (χ3v) is 3.73. The summed E-state index contributed by atoms with van der Waals surface area (Å²) in [5.74, 6) is 1.02. The number of nitrogens with two attached hydrogens (primary N) is 1. The van der Waals surface area contributed by atoms with E-state index in [-0.39, 0.29) is 0 Å². The molecule has 22 heavy (non-hydrogen) atoms. The summed E-state index contributed by atoms with van der Waals surface area (Å²) in [5.41, 5.74) is 8.92. The van der Waals surface area contributed by atoms with Crippen LogP contribution in [0.25, 0.3) is 0 Å². The molecule has 6 nitrogen and oxygen atoms in total. The van der Waals surface area contributed by atoms with Crippen LogP contribution in [0.15, 0.2) is 30.5 Å². The van der Waals surface area contributed by atoms with Gasteiger partial charge in [0.1, 0.15) is 5.82 Å². The van der Waals surface area contributed by atoms with Gasteiger partial charge in [0.05, 0.1) is 13.2 Å². The number of aromatic nitrogens is 2. The maximum Gasteiger partial charge on any atom is 0.229 e. The van der Waals surface area contributed by atoms with Crippen molar-refractivity contribution in [3.05, 3.63) is 41.6 Å². The molecule has 1 fully saturated rings. The topological polar surface area (TPSA) is 76.3 Å². The number of ether oxygens (including phenoxy) is 1. The van der Waals surface area contributed by atoms with Crippen LogP contribution in [0.5, 0.6) is 0 Å². The van der Waals surface area contributed by atoms with Crippen LogP contribution in [0, 0.1) is 6.92 Å². The van der Waals surface area contributed by atoms with E-state index in [1.165, 1.54) is 5.56 Å². The van der Waals surface area contributed by atoms with Crippen molar-refractivity contribution >= 4 is 17.5 Å². The Labute approximate surface area is 130 Å². The van der Waals surface area contributed by atoms with Crippen molar-refractivity contribution in [1.29, 1.82) is 0 Å². The fourth-order valence-corrected chi connectivity index (χ4v) is 2.36. The lowest BCUT2D eigenvalue weighted by atomic mass is 10.2. The van der Waals surface area contributed by atoms with Crippen LogP contribution in [0.3, 0.4) is 0 Å². The highest BCUT2D eigenvalue weighted by Gasteiger charge is 2.10. The lowest BCUT2D eigenvalue weighted by molar-refractivity contribution is 0.0342. The molecule has 0 spiro atoms. The molecule has 1 aliphatic rings. The summed E-state index contributed by atoms with van der Waals surface area (Å²) in [7, 11) is 0. The van der Waals surface area contributed by atoms with Gasteiger partial charge in [0.15, 0.2) is 0 Å². The molecular formula is C16H21N5O. The van der Waals surface area contributed by atoms with Gasteiger partial charge in [-0.15, -0.1) is 0 Å². The Morgan fingerprint density at radius 1 is 1.23 bits per heavy atom. The Hall–Kier alpha value is -2.18. The normalized spacial score (nSPS) is 15.7. The van der Waals surface area contributed by atoms with E-state index in [0.717, 1.165) is 44.1 Å². The van der Waals surface area contributed by atoms with E-state index in [0.29, 0.717) is 11.8 Å². The lowest BCUT2D eigenvalue weighted by Crippen LogP contribution is -2.35. The van der Waals surface area contributed by atoms with Crippen LogP contribution in [0.1, 0.15) is 11.1 Å². The zero-order valence-corrected chi connectivity index (χ0v) is 12.7. The second-order valence-electron chi connectivity index (χ2n) is 5.47. The largest absolute Gasteiger partial charge is 0.383 e. The number of anilines is 3. The van der Waals surface area contributed by atoms with Crippen molar-refractivity contribution in [3.63, 3.8) is 0 Å². The molecule has 1 aliphatic heterocycles. The van der Waals surface area contributed by atoms with Crippen LogP contribution in [0.4, 0.5) is 17.5 Å². The SMILES string of the molecule is Cc1cnc(Nc2ccc(CN3CCOCC3)cc2)nc1N. The van der Waals surface area contributed by atoms with Crippen LogP contribution in [0.2, 0.25) is 0 Å². The van der Waals surface area contributed by atoms with E-state index in [1.54, 1.807) is 6.20 Å². The zero-order chi connectivity index (χ0) is 15.4. The van der Waals surface area contributed by atoms with Crippen molar-refractivity contribution in [2.75, 3.05) is 37.4 Å². The molecule has 3 rings (SSSR count). The van der Waals surface area contributed by atoms with Gasteiger partial charge >= 0.3 is 0 Å². The summed E-state index contributed by atoms with van der Waals surface area (Å²) in [6, 6.07) is 8.31. The van der Waals surface area contributed by atoms with Crippen LogP contribution >= 0.6 is 0 Å². The molecule has 0 amide bonds. The minimum absolute atomic E-state index is 0.501. The molecule has 2 aromatic rings. The van der Waals surface area contributed by atoms with Gasteiger partial charge in [0.25, 0.3) is 0 Å². The summed E-state index contributed by atoms with van der Waals surface area (Å²) in [6.45, 7) is 6.49. The molecule has 0 radical (unpaired) electrons. The molecule has 3 N–H and O–H groups in total. The number of nitrogen functional groups attached to an aromatic ring is 1. The van der Waals surface area contributed by atoms with E-state index in [1.807, 2.05) is 19.1 Å². The van der Waals surface area contributed by atoms with Gasteiger partial charge in [-0.2, -0.15) is 4.98 Å². The average molecular weight is 299 g/mol. The first-order valence-corrected chi connectivity index (χ1v) is 7.46. The first kappa shape index (κ1) is 14.7. The van der Waals surface area contributed by atoms with Crippen molar-refractivity contribution in [3.8, 4) is 0 Å². The van der Waals surface area contributed by atoms with Crippen molar-refractivity contribution in [2.24, 2.45) is 0 Å². The first-order chi connectivity index (χ1) is 10.7. The van der Waals surface area contributed by atoms with Gasteiger partial charge in [-0.3, -0.25) is 4.90 Å². The Morgan fingerprint density at radius 3 is 2.64 bits per heavy atom. The molecule has 0 unspecified atom stereocenters. The predicted molar refractivity (Wildman–Crippen MR) is 87.0 cm³/mol. The van der Waals surface area contributed by atoms with E-state index < -0.39 is 0 Å². The van der Waals surface area contributed by atoms with Gasteiger partial charge in [-0.05, 0) is 24.6 Å². The van der Waals surface area contributed by atoms with E-state index in [4.69, 9.17) is 10.5 Å². The van der Waals surface area contributed by atoms with Gasteiger partial charge < -0.3 is 15.8 Å². The quantitative estimate of drug-likeness (QED) is 0.898. The number of hydrogen-bond donors (Lipinski definition) is 2. The summed E-state index contributed by atoms with van der Waals surface area (Å²) in [4.78, 5) is 10.8. The highest BCUT2D eigenvalue weighted by Crippen LogP contribution is 2.17. The molecule has 0 aliphatic carbocycles. The molecule has 0 atom stereocenters. The van der Waals surface area contributed by atoms with E-state index in [9.17, 15) is 0 Å². The number of rotatable bonds is 4. The second kappa shape index (κ2) is 6.72. The Bertz CT molecular complexity index is 623. The minimum Gasteiger partial charge on any atom is -0.383 e. The molecular weight excluding hydrogens is 278 g/mol. The summed E-state index contributed by atoms with van der Waals surface area (Å²) in [6.07, 6.45) is 1.72. The van der Waals surface area contributed by atoms with E-state index >= 15 is 0 Å². The van der Waals surface area contributed by atoms with Gasteiger partial charge in [0, 0.05) is 37.1 Å². The Balaban J connectivity index is 1.62. The smallest absolute Gasteiger partial charge is 0.229 e. The number of hydrogen-bond acceptors (Lipinski definition) is 6. The lowest BCUT2D eigenvalue weighted by Gasteiger charge is -2.26.